The number of hydrogen-bond donors (Lipinski definition) is 0. The first-order chi connectivity index (χ1) is 14.9. The number of esters is 1. The maximum Gasteiger partial charge on any atom is 0.508 e. The molecule has 0 N–H and O–H groups in total. The fraction of sp³-hybridized carbons (Fsp3) is 0.783. The van der Waals surface area contributed by atoms with Crippen molar-refractivity contribution in [3.63, 3.8) is 0 Å². The highest BCUT2D eigenvalue weighted by molar-refractivity contribution is 6.67. The maximum atomic E-state index is 13.5. The van der Waals surface area contributed by atoms with Crippen molar-refractivity contribution >= 4 is 52.7 Å². The molecule has 0 aromatic heterocycles. The molecule has 4 unspecified atom stereocenters. The number of carbonyl (C=O) groups is 3. The molecule has 7 nitrogen and oxygen atoms in total. The number of rotatable bonds is 11. The number of alkyl halides is 3. The number of terminal acetylenes is 1. The van der Waals surface area contributed by atoms with Crippen LogP contribution in [-0.2, 0) is 28.5 Å². The Labute approximate surface area is 212 Å². The Morgan fingerprint density at radius 1 is 1.03 bits per heavy atom. The van der Waals surface area contributed by atoms with Crippen molar-refractivity contribution in [1.29, 1.82) is 0 Å². The largest absolute Gasteiger partial charge is 0.508 e. The molecule has 0 aliphatic carbocycles. The number of carbonyl (C=O) groups excluding carboxylic acids is 3. The molecule has 0 aliphatic rings. The summed E-state index contributed by atoms with van der Waals surface area (Å²) in [5.74, 6) is 0.531. The van der Waals surface area contributed by atoms with Crippen molar-refractivity contribution in [2.24, 2.45) is 17.3 Å². The fourth-order valence-electron chi connectivity index (χ4n) is 3.36. The van der Waals surface area contributed by atoms with Crippen molar-refractivity contribution < 1.29 is 33.3 Å². The molecule has 0 rings (SSSR count). The lowest BCUT2D eigenvalue weighted by Crippen LogP contribution is -2.47. The van der Waals surface area contributed by atoms with Gasteiger partial charge in [-0.15, -0.1) is 12.3 Å². The van der Waals surface area contributed by atoms with Crippen LogP contribution in [0.1, 0.15) is 61.3 Å². The summed E-state index contributed by atoms with van der Waals surface area (Å²) >= 11 is 16.8. The summed E-state index contributed by atoms with van der Waals surface area (Å²) in [4.78, 5) is 38.0. The summed E-state index contributed by atoms with van der Waals surface area (Å²) in [6.45, 7) is 11.4. The molecule has 0 amide bonds. The molecule has 0 aliphatic heterocycles. The highest BCUT2D eigenvalue weighted by Gasteiger charge is 2.45. The average Bonchev–Trinajstić information content (AvgIpc) is 2.65. The van der Waals surface area contributed by atoms with Crippen molar-refractivity contribution in [2.45, 2.75) is 82.9 Å². The molecule has 4 atom stereocenters. The van der Waals surface area contributed by atoms with E-state index in [1.54, 1.807) is 48.5 Å². The maximum absolute atomic E-state index is 13.5. The van der Waals surface area contributed by atoms with Crippen LogP contribution in [0.25, 0.3) is 0 Å². The lowest BCUT2D eigenvalue weighted by atomic mass is 9.73. The van der Waals surface area contributed by atoms with Crippen LogP contribution >= 0.6 is 34.8 Å². The van der Waals surface area contributed by atoms with Crippen LogP contribution in [0.4, 0.5) is 4.79 Å². The number of hydrogen-bond acceptors (Lipinski definition) is 7. The van der Waals surface area contributed by atoms with Gasteiger partial charge in [-0.05, 0) is 20.8 Å². The predicted molar refractivity (Wildman–Crippen MR) is 128 cm³/mol. The first-order valence-corrected chi connectivity index (χ1v) is 11.6. The zero-order valence-electron chi connectivity index (χ0n) is 20.5. The third-order valence-corrected chi connectivity index (χ3v) is 5.32. The normalized spacial score (nSPS) is 16.1. The summed E-state index contributed by atoms with van der Waals surface area (Å²) < 4.78 is 19.3. The Morgan fingerprint density at radius 3 is 2.00 bits per heavy atom. The summed E-state index contributed by atoms with van der Waals surface area (Å²) in [7, 11) is 1.41. The van der Waals surface area contributed by atoms with Gasteiger partial charge in [-0.3, -0.25) is 9.59 Å². The van der Waals surface area contributed by atoms with Crippen LogP contribution in [0, 0.1) is 29.6 Å². The van der Waals surface area contributed by atoms with Gasteiger partial charge in [0.05, 0.1) is 23.9 Å². The first-order valence-electron chi connectivity index (χ1n) is 10.5. The zero-order chi connectivity index (χ0) is 26.2. The van der Waals surface area contributed by atoms with Crippen molar-refractivity contribution in [3.8, 4) is 12.3 Å². The van der Waals surface area contributed by atoms with E-state index in [2.05, 4.69) is 5.92 Å². The first kappa shape index (κ1) is 31.8. The molecular weight excluding hydrogens is 495 g/mol. The molecule has 10 heteroatoms. The van der Waals surface area contributed by atoms with Crippen molar-refractivity contribution in [3.05, 3.63) is 0 Å². The summed E-state index contributed by atoms with van der Waals surface area (Å²) in [5.41, 5.74) is -1.79. The topological polar surface area (TPSA) is 88.1 Å². The Kier molecular flexibility index (Phi) is 12.6. The standard InChI is InChI=1S/C23H35Cl3O7/c1-10-11-14(2)18(32-20(29)31-13-23(24,25)26)15(3)19(28)22(7,8)16(30-9)12-17(27)33-21(4,5)6/h1,14-16,18H,11-13H2,2-9H3. The van der Waals surface area contributed by atoms with E-state index in [0.717, 1.165) is 0 Å². The van der Waals surface area contributed by atoms with Gasteiger partial charge in [-0.1, -0.05) is 62.5 Å². The fourth-order valence-corrected chi connectivity index (χ4v) is 3.52. The molecule has 0 aromatic rings. The average molecular weight is 530 g/mol. The Hall–Kier alpha value is -1.20. The van der Waals surface area contributed by atoms with Crippen LogP contribution < -0.4 is 0 Å². The molecule has 33 heavy (non-hydrogen) atoms. The minimum Gasteiger partial charge on any atom is -0.460 e. The molecule has 0 spiro atoms. The smallest absolute Gasteiger partial charge is 0.460 e. The highest BCUT2D eigenvalue weighted by atomic mass is 35.6. The van der Waals surface area contributed by atoms with Gasteiger partial charge >= 0.3 is 12.1 Å². The molecule has 0 saturated carbocycles. The van der Waals surface area contributed by atoms with E-state index in [9.17, 15) is 14.4 Å². The van der Waals surface area contributed by atoms with E-state index >= 15 is 0 Å². The van der Waals surface area contributed by atoms with E-state index in [1.165, 1.54) is 7.11 Å². The van der Waals surface area contributed by atoms with Gasteiger partial charge in [0.1, 0.15) is 24.1 Å². The summed E-state index contributed by atoms with van der Waals surface area (Å²) in [5, 5.41) is 0. The zero-order valence-corrected chi connectivity index (χ0v) is 22.8. The number of ketones is 1. The third-order valence-electron chi connectivity index (χ3n) is 4.99. The van der Waals surface area contributed by atoms with Gasteiger partial charge in [0.2, 0.25) is 3.79 Å². The minimum absolute atomic E-state index is 0.129. The van der Waals surface area contributed by atoms with Crippen LogP contribution in [0.15, 0.2) is 0 Å². The van der Waals surface area contributed by atoms with Crippen LogP contribution in [0.5, 0.6) is 0 Å². The molecular formula is C23H35Cl3O7. The van der Waals surface area contributed by atoms with Gasteiger partial charge in [-0.2, -0.15) is 0 Å². The van der Waals surface area contributed by atoms with Crippen LogP contribution in [0.2, 0.25) is 0 Å². The second-order valence-corrected chi connectivity index (χ2v) is 12.0. The summed E-state index contributed by atoms with van der Waals surface area (Å²) in [6, 6.07) is 0. The van der Waals surface area contributed by atoms with Gasteiger partial charge in [0, 0.05) is 19.4 Å². The highest BCUT2D eigenvalue weighted by Crippen LogP contribution is 2.34. The van der Waals surface area contributed by atoms with E-state index in [4.69, 9.17) is 60.2 Å². The number of methoxy groups -OCH3 is 1. The SMILES string of the molecule is C#CCC(C)C(OC(=O)OCC(Cl)(Cl)Cl)C(C)C(=O)C(C)(C)C(CC(=O)OC(C)(C)C)OC. The van der Waals surface area contributed by atoms with Crippen molar-refractivity contribution in [2.75, 3.05) is 13.7 Å². The van der Waals surface area contributed by atoms with Crippen LogP contribution in [-0.4, -0.2) is 53.2 Å². The summed E-state index contributed by atoms with van der Waals surface area (Å²) in [6.07, 6.45) is 2.74. The van der Waals surface area contributed by atoms with Gasteiger partial charge in [-0.25, -0.2) is 4.79 Å². The molecule has 0 aromatic carbocycles. The predicted octanol–water partition coefficient (Wildman–Crippen LogP) is 5.52. The second kappa shape index (κ2) is 13.0. The lowest BCUT2D eigenvalue weighted by molar-refractivity contribution is -0.161. The molecule has 0 radical (unpaired) electrons. The quantitative estimate of drug-likeness (QED) is 0.198. The van der Waals surface area contributed by atoms with E-state index in [0.29, 0.717) is 0 Å². The minimum atomic E-state index is -1.81. The van der Waals surface area contributed by atoms with Gasteiger partial charge in [0.25, 0.3) is 0 Å². The van der Waals surface area contributed by atoms with E-state index in [1.807, 2.05) is 0 Å². The molecule has 190 valence electrons. The van der Waals surface area contributed by atoms with Crippen LogP contribution in [0.3, 0.4) is 0 Å². The molecule has 0 saturated heterocycles. The second-order valence-electron chi connectivity index (χ2n) is 9.51. The Balaban J connectivity index is 5.63. The Morgan fingerprint density at radius 2 is 1.58 bits per heavy atom. The third kappa shape index (κ3) is 11.7. The molecule has 0 bridgehead atoms. The van der Waals surface area contributed by atoms with E-state index in [-0.39, 0.29) is 24.5 Å². The van der Waals surface area contributed by atoms with E-state index < -0.39 is 51.7 Å². The lowest BCUT2D eigenvalue weighted by Gasteiger charge is -2.37. The van der Waals surface area contributed by atoms with Gasteiger partial charge < -0.3 is 18.9 Å². The monoisotopic (exact) mass is 528 g/mol. The number of halogens is 3. The van der Waals surface area contributed by atoms with Gasteiger partial charge in [0.15, 0.2) is 0 Å². The number of ether oxygens (including phenoxy) is 4. The number of Topliss-reactive ketones (excluding diaryl/α,β-unsaturated/α-hetero) is 1. The Bertz CT molecular complexity index is 717. The van der Waals surface area contributed by atoms with Crippen molar-refractivity contribution in [1.82, 2.24) is 0 Å². The molecule has 0 heterocycles. The molecule has 0 fully saturated rings.